The van der Waals surface area contributed by atoms with Gasteiger partial charge in [-0.3, -0.25) is 4.79 Å². The molecule has 3 nitrogen and oxygen atoms in total. The van der Waals surface area contributed by atoms with Gasteiger partial charge >= 0.3 is 0 Å². The first-order valence-corrected chi connectivity index (χ1v) is 6.15. The Labute approximate surface area is 106 Å². The molecule has 1 heterocycles. The maximum Gasteiger partial charge on any atom is 0.227 e. The Balaban J connectivity index is 2.12. The predicted molar refractivity (Wildman–Crippen MR) is 66.5 cm³/mol. The molecule has 0 aromatic heterocycles. The van der Waals surface area contributed by atoms with Crippen molar-refractivity contribution in [3.63, 3.8) is 0 Å². The zero-order chi connectivity index (χ0) is 13.3. The molecule has 0 aliphatic carbocycles. The quantitative estimate of drug-likeness (QED) is 0.869. The monoisotopic (exact) mass is 251 g/mol. The number of halogens is 1. The molecular formula is C14H18FNO2. The maximum absolute atomic E-state index is 13.5. The molecule has 1 N–H and O–H groups in total. The number of hydrogen-bond donors (Lipinski definition) is 1. The van der Waals surface area contributed by atoms with Gasteiger partial charge in [0.25, 0.3) is 0 Å². The fourth-order valence-corrected chi connectivity index (χ4v) is 2.42. The molecule has 0 bridgehead atoms. The van der Waals surface area contributed by atoms with E-state index in [9.17, 15) is 14.3 Å². The van der Waals surface area contributed by atoms with E-state index >= 15 is 0 Å². The van der Waals surface area contributed by atoms with E-state index in [1.54, 1.807) is 23.1 Å². The molecule has 98 valence electrons. The summed E-state index contributed by atoms with van der Waals surface area (Å²) in [4.78, 5) is 13.8. The van der Waals surface area contributed by atoms with E-state index in [1.807, 2.05) is 13.8 Å². The number of nitrogens with zero attached hydrogens (tertiary/aromatic N) is 1. The van der Waals surface area contributed by atoms with Crippen LogP contribution in [0.2, 0.25) is 0 Å². The van der Waals surface area contributed by atoms with Crippen LogP contribution >= 0.6 is 0 Å². The third-order valence-corrected chi connectivity index (χ3v) is 3.74. The molecule has 1 atom stereocenters. The van der Waals surface area contributed by atoms with Gasteiger partial charge in [-0.05, 0) is 31.9 Å². The molecule has 1 unspecified atom stereocenters. The molecule has 0 spiro atoms. The van der Waals surface area contributed by atoms with Gasteiger partial charge in [-0.1, -0.05) is 18.2 Å². The molecule has 0 saturated carbocycles. The van der Waals surface area contributed by atoms with E-state index in [2.05, 4.69) is 0 Å². The van der Waals surface area contributed by atoms with Gasteiger partial charge in [0.1, 0.15) is 5.82 Å². The van der Waals surface area contributed by atoms with Crippen molar-refractivity contribution in [2.75, 3.05) is 6.54 Å². The SMILES string of the molecule is CC1(C)C(O)CCN1C(=O)Cc1ccccc1F. The molecule has 4 heteroatoms. The Morgan fingerprint density at radius 3 is 2.72 bits per heavy atom. The zero-order valence-corrected chi connectivity index (χ0v) is 10.7. The Morgan fingerprint density at radius 1 is 1.50 bits per heavy atom. The van der Waals surface area contributed by atoms with Crippen LogP contribution < -0.4 is 0 Å². The van der Waals surface area contributed by atoms with E-state index < -0.39 is 11.6 Å². The first-order valence-electron chi connectivity index (χ1n) is 6.15. The van der Waals surface area contributed by atoms with Gasteiger partial charge in [0.2, 0.25) is 5.91 Å². The van der Waals surface area contributed by atoms with Crippen molar-refractivity contribution in [1.82, 2.24) is 4.90 Å². The molecule has 2 rings (SSSR count). The van der Waals surface area contributed by atoms with Gasteiger partial charge < -0.3 is 10.0 Å². The van der Waals surface area contributed by atoms with Gasteiger partial charge in [0.05, 0.1) is 18.1 Å². The molecule has 0 radical (unpaired) electrons. The smallest absolute Gasteiger partial charge is 0.227 e. The van der Waals surface area contributed by atoms with E-state index in [0.717, 1.165) is 0 Å². The molecule has 1 amide bonds. The summed E-state index contributed by atoms with van der Waals surface area (Å²) in [6.45, 7) is 4.20. The van der Waals surface area contributed by atoms with Crippen LogP contribution in [0.5, 0.6) is 0 Å². The number of benzene rings is 1. The first-order chi connectivity index (χ1) is 8.43. The molecular weight excluding hydrogens is 233 g/mol. The third kappa shape index (κ3) is 2.25. The van der Waals surface area contributed by atoms with E-state index in [4.69, 9.17) is 0 Å². The van der Waals surface area contributed by atoms with E-state index in [-0.39, 0.29) is 18.1 Å². The van der Waals surface area contributed by atoms with Gasteiger partial charge in [-0.25, -0.2) is 4.39 Å². The summed E-state index contributed by atoms with van der Waals surface area (Å²) in [5.41, 5.74) is -0.165. The minimum atomic E-state index is -0.567. The highest BCUT2D eigenvalue weighted by atomic mass is 19.1. The van der Waals surface area contributed by atoms with E-state index in [1.165, 1.54) is 6.07 Å². The van der Waals surface area contributed by atoms with Crippen LogP contribution in [0, 0.1) is 5.82 Å². The van der Waals surface area contributed by atoms with Crippen LogP contribution in [0.1, 0.15) is 25.8 Å². The molecule has 18 heavy (non-hydrogen) atoms. The van der Waals surface area contributed by atoms with Crippen molar-refractivity contribution >= 4 is 5.91 Å². The lowest BCUT2D eigenvalue weighted by Crippen LogP contribution is -2.48. The van der Waals surface area contributed by atoms with Gasteiger partial charge in [-0.15, -0.1) is 0 Å². The number of amides is 1. The molecule has 1 fully saturated rings. The average Bonchev–Trinajstić information content (AvgIpc) is 2.57. The summed E-state index contributed by atoms with van der Waals surface area (Å²) in [6, 6.07) is 6.29. The number of aliphatic hydroxyl groups excluding tert-OH is 1. The minimum Gasteiger partial charge on any atom is -0.391 e. The average molecular weight is 251 g/mol. The molecule has 1 aliphatic rings. The molecule has 1 saturated heterocycles. The van der Waals surface area contributed by atoms with Gasteiger partial charge in [0, 0.05) is 6.54 Å². The second kappa shape index (κ2) is 4.69. The van der Waals surface area contributed by atoms with Crippen LogP contribution in [-0.2, 0) is 11.2 Å². The van der Waals surface area contributed by atoms with Gasteiger partial charge in [-0.2, -0.15) is 0 Å². The summed E-state index contributed by atoms with van der Waals surface area (Å²) in [7, 11) is 0. The first kappa shape index (κ1) is 13.0. The second-order valence-corrected chi connectivity index (χ2v) is 5.27. The maximum atomic E-state index is 13.5. The molecule has 1 aliphatic heterocycles. The predicted octanol–water partition coefficient (Wildman–Crippen LogP) is 1.74. The number of aliphatic hydroxyl groups is 1. The van der Waals surface area contributed by atoms with Crippen molar-refractivity contribution < 1.29 is 14.3 Å². The Morgan fingerprint density at radius 2 is 2.17 bits per heavy atom. The number of carbonyl (C=O) groups is 1. The van der Waals surface area contributed by atoms with E-state index in [0.29, 0.717) is 18.5 Å². The van der Waals surface area contributed by atoms with Crippen molar-refractivity contribution in [2.24, 2.45) is 0 Å². The summed E-state index contributed by atoms with van der Waals surface area (Å²) in [5.74, 6) is -0.495. The highest BCUT2D eigenvalue weighted by Gasteiger charge is 2.42. The topological polar surface area (TPSA) is 40.5 Å². The highest BCUT2D eigenvalue weighted by molar-refractivity contribution is 5.80. The summed E-state index contributed by atoms with van der Waals surface area (Å²) < 4.78 is 13.5. The van der Waals surface area contributed by atoms with Crippen molar-refractivity contribution in [3.8, 4) is 0 Å². The van der Waals surface area contributed by atoms with Crippen molar-refractivity contribution in [2.45, 2.75) is 38.3 Å². The number of hydrogen-bond acceptors (Lipinski definition) is 2. The Kier molecular flexibility index (Phi) is 3.39. The summed E-state index contributed by atoms with van der Waals surface area (Å²) in [5, 5.41) is 9.83. The largest absolute Gasteiger partial charge is 0.391 e. The fraction of sp³-hybridized carbons (Fsp3) is 0.500. The number of carbonyl (C=O) groups excluding carboxylic acids is 1. The second-order valence-electron chi connectivity index (χ2n) is 5.27. The van der Waals surface area contributed by atoms with Crippen LogP contribution in [0.3, 0.4) is 0 Å². The highest BCUT2D eigenvalue weighted by Crippen LogP contribution is 2.29. The van der Waals surface area contributed by atoms with Crippen LogP contribution in [0.4, 0.5) is 4.39 Å². The lowest BCUT2D eigenvalue weighted by molar-refractivity contribution is -0.135. The lowest BCUT2D eigenvalue weighted by Gasteiger charge is -2.33. The van der Waals surface area contributed by atoms with Gasteiger partial charge in [0.15, 0.2) is 0 Å². The Bertz CT molecular complexity index is 459. The summed E-state index contributed by atoms with van der Waals surface area (Å²) in [6.07, 6.45) is 0.112. The number of likely N-dealkylation sites (tertiary alicyclic amines) is 1. The third-order valence-electron chi connectivity index (χ3n) is 3.74. The standard InChI is InChI=1S/C14H18FNO2/c1-14(2)12(17)7-8-16(14)13(18)9-10-5-3-4-6-11(10)15/h3-6,12,17H,7-9H2,1-2H3. The fourth-order valence-electron chi connectivity index (χ4n) is 2.42. The van der Waals surface area contributed by atoms with Crippen LogP contribution in [0.25, 0.3) is 0 Å². The molecule has 1 aromatic carbocycles. The van der Waals surface area contributed by atoms with Crippen molar-refractivity contribution in [1.29, 1.82) is 0 Å². The van der Waals surface area contributed by atoms with Crippen molar-refractivity contribution in [3.05, 3.63) is 35.6 Å². The van der Waals surface area contributed by atoms with Crippen LogP contribution in [0.15, 0.2) is 24.3 Å². The Hall–Kier alpha value is -1.42. The normalized spacial score (nSPS) is 22.2. The summed E-state index contributed by atoms with van der Waals surface area (Å²) >= 11 is 0. The lowest BCUT2D eigenvalue weighted by atomic mass is 9.98. The zero-order valence-electron chi connectivity index (χ0n) is 10.7. The van der Waals surface area contributed by atoms with Crippen LogP contribution in [-0.4, -0.2) is 34.1 Å². The molecule has 1 aromatic rings. The number of rotatable bonds is 2. The minimum absolute atomic E-state index is 0.0445.